The Hall–Kier alpha value is -2.29. The predicted molar refractivity (Wildman–Crippen MR) is 87.5 cm³/mol. The zero-order valence-electron chi connectivity index (χ0n) is 12.2. The Bertz CT molecular complexity index is 537. The molecule has 104 valence electrons. The number of hydrogen-bond acceptors (Lipinski definition) is 3. The van der Waals surface area contributed by atoms with E-state index >= 15 is 0 Å². The molecule has 20 heavy (non-hydrogen) atoms. The molecule has 0 amide bonds. The summed E-state index contributed by atoms with van der Waals surface area (Å²) in [6.07, 6.45) is 8.06. The molecule has 0 aliphatic heterocycles. The van der Waals surface area contributed by atoms with Crippen LogP contribution in [0, 0.1) is 0 Å². The summed E-state index contributed by atoms with van der Waals surface area (Å²) in [6, 6.07) is 5.77. The van der Waals surface area contributed by atoms with Gasteiger partial charge >= 0.3 is 0 Å². The Kier molecular flexibility index (Phi) is 6.90. The Balaban J connectivity index is 2.98. The highest BCUT2D eigenvalue weighted by atomic mass is 14.8. The van der Waals surface area contributed by atoms with Gasteiger partial charge in [-0.3, -0.25) is 9.98 Å². The number of hydrogen-bond donors (Lipinski definition) is 0. The lowest BCUT2D eigenvalue weighted by atomic mass is 10.2. The average molecular weight is 267 g/mol. The third kappa shape index (κ3) is 5.14. The first-order valence-corrected chi connectivity index (χ1v) is 6.60. The van der Waals surface area contributed by atoms with Crippen molar-refractivity contribution in [2.45, 2.75) is 20.3 Å². The highest BCUT2D eigenvalue weighted by Crippen LogP contribution is 2.06. The summed E-state index contributed by atoms with van der Waals surface area (Å²) in [7, 11) is 0. The number of pyridine rings is 1. The topological polar surface area (TPSA) is 37.6 Å². The lowest BCUT2D eigenvalue weighted by Crippen LogP contribution is -2.03. The van der Waals surface area contributed by atoms with Crippen molar-refractivity contribution in [3.63, 3.8) is 0 Å². The average Bonchev–Trinajstić information content (AvgIpc) is 2.47. The Labute approximate surface area is 121 Å². The van der Waals surface area contributed by atoms with Crippen molar-refractivity contribution >= 4 is 11.4 Å². The van der Waals surface area contributed by atoms with Crippen LogP contribution in [0.25, 0.3) is 0 Å². The van der Waals surface area contributed by atoms with Crippen LogP contribution in [0.1, 0.15) is 26.0 Å². The van der Waals surface area contributed by atoms with Crippen molar-refractivity contribution in [2.24, 2.45) is 9.98 Å². The molecular weight excluding hydrogens is 246 g/mol. The number of nitrogens with zero attached hydrogens (tertiary/aromatic N) is 3. The molecule has 0 radical (unpaired) electrons. The highest BCUT2D eigenvalue weighted by molar-refractivity contribution is 6.04. The van der Waals surface area contributed by atoms with Gasteiger partial charge in [0.25, 0.3) is 0 Å². The van der Waals surface area contributed by atoms with E-state index in [2.05, 4.69) is 28.1 Å². The van der Waals surface area contributed by atoms with Gasteiger partial charge in [0, 0.05) is 12.7 Å². The van der Waals surface area contributed by atoms with Crippen LogP contribution in [-0.4, -0.2) is 23.0 Å². The van der Waals surface area contributed by atoms with Gasteiger partial charge in [-0.15, -0.1) is 6.58 Å². The van der Waals surface area contributed by atoms with Crippen LogP contribution in [0.5, 0.6) is 0 Å². The Morgan fingerprint density at radius 1 is 1.30 bits per heavy atom. The van der Waals surface area contributed by atoms with Gasteiger partial charge in [0.05, 0.1) is 22.8 Å². The first-order valence-electron chi connectivity index (χ1n) is 6.60. The molecule has 0 saturated heterocycles. The second-order valence-electron chi connectivity index (χ2n) is 4.24. The van der Waals surface area contributed by atoms with Gasteiger partial charge in [0.2, 0.25) is 0 Å². The molecule has 1 aromatic heterocycles. The smallest absolute Gasteiger partial charge is 0.0841 e. The lowest BCUT2D eigenvalue weighted by molar-refractivity contribution is 1.01. The van der Waals surface area contributed by atoms with Crippen LogP contribution in [-0.2, 0) is 0 Å². The fourth-order valence-corrected chi connectivity index (χ4v) is 1.57. The molecular formula is C17H21N3. The number of rotatable bonds is 7. The van der Waals surface area contributed by atoms with E-state index in [1.165, 1.54) is 0 Å². The van der Waals surface area contributed by atoms with Gasteiger partial charge in [0.15, 0.2) is 0 Å². The van der Waals surface area contributed by atoms with E-state index in [1.807, 2.05) is 44.2 Å². The van der Waals surface area contributed by atoms with E-state index in [1.54, 1.807) is 12.3 Å². The quantitative estimate of drug-likeness (QED) is 0.318. The van der Waals surface area contributed by atoms with Gasteiger partial charge in [-0.1, -0.05) is 24.8 Å². The van der Waals surface area contributed by atoms with Gasteiger partial charge in [-0.25, -0.2) is 4.99 Å². The maximum Gasteiger partial charge on any atom is 0.0841 e. The van der Waals surface area contributed by atoms with Crippen LogP contribution in [0.3, 0.4) is 0 Å². The standard InChI is InChI=1S/C17H21N3/c1-5-7-12-18-14(3)17(10-6-2)20-15(4)16-11-8-9-13-19-16/h5-6,8-11,13H,1-2,7,12H2,3-4H3/b17-10-,18-14?,20-15?. The first kappa shape index (κ1) is 15.8. The molecule has 0 N–H and O–H groups in total. The molecule has 3 nitrogen and oxygen atoms in total. The Morgan fingerprint density at radius 2 is 2.10 bits per heavy atom. The zero-order valence-corrected chi connectivity index (χ0v) is 12.2. The van der Waals surface area contributed by atoms with Gasteiger partial charge in [-0.2, -0.15) is 0 Å². The molecule has 0 fully saturated rings. The molecule has 0 aliphatic rings. The van der Waals surface area contributed by atoms with Crippen LogP contribution in [0.2, 0.25) is 0 Å². The summed E-state index contributed by atoms with van der Waals surface area (Å²) in [5.41, 5.74) is 3.42. The second kappa shape index (κ2) is 8.75. The van der Waals surface area contributed by atoms with E-state index in [0.717, 1.165) is 35.8 Å². The highest BCUT2D eigenvalue weighted by Gasteiger charge is 2.02. The second-order valence-corrected chi connectivity index (χ2v) is 4.24. The van der Waals surface area contributed by atoms with Crippen LogP contribution < -0.4 is 0 Å². The van der Waals surface area contributed by atoms with Gasteiger partial charge in [-0.05, 0) is 38.5 Å². The molecule has 0 saturated carbocycles. The molecule has 0 aromatic carbocycles. The fraction of sp³-hybridized carbons (Fsp3) is 0.235. The summed E-state index contributed by atoms with van der Waals surface area (Å²) < 4.78 is 0. The summed E-state index contributed by atoms with van der Waals surface area (Å²) in [4.78, 5) is 13.4. The molecule has 1 aromatic rings. The first-order chi connectivity index (χ1) is 9.69. The van der Waals surface area contributed by atoms with E-state index in [4.69, 9.17) is 0 Å². The molecule has 1 heterocycles. The minimum absolute atomic E-state index is 0.724. The zero-order chi connectivity index (χ0) is 14.8. The maximum atomic E-state index is 4.60. The lowest BCUT2D eigenvalue weighted by Gasteiger charge is -2.04. The molecule has 0 unspecified atom stereocenters. The fourth-order valence-electron chi connectivity index (χ4n) is 1.57. The van der Waals surface area contributed by atoms with Crippen molar-refractivity contribution < 1.29 is 0 Å². The van der Waals surface area contributed by atoms with Crippen molar-refractivity contribution in [1.29, 1.82) is 0 Å². The minimum Gasteiger partial charge on any atom is -0.287 e. The normalized spacial score (nSPS) is 13.2. The van der Waals surface area contributed by atoms with Crippen LogP contribution in [0.15, 0.2) is 71.5 Å². The van der Waals surface area contributed by atoms with E-state index in [0.29, 0.717) is 0 Å². The third-order valence-corrected chi connectivity index (χ3v) is 2.65. The number of allylic oxidation sites excluding steroid dienone is 3. The van der Waals surface area contributed by atoms with Crippen molar-refractivity contribution in [2.75, 3.05) is 6.54 Å². The minimum atomic E-state index is 0.724. The van der Waals surface area contributed by atoms with E-state index < -0.39 is 0 Å². The molecule has 0 aliphatic carbocycles. The largest absolute Gasteiger partial charge is 0.287 e. The van der Waals surface area contributed by atoms with E-state index in [9.17, 15) is 0 Å². The summed E-state index contributed by atoms with van der Waals surface area (Å²) in [5.74, 6) is 0. The molecule has 0 spiro atoms. The SMILES string of the molecule is C=C/C=C(\N=C(C)c1ccccn1)C(C)=NCCC=C. The molecule has 0 bridgehead atoms. The van der Waals surface area contributed by atoms with Crippen molar-refractivity contribution in [1.82, 2.24) is 4.98 Å². The predicted octanol–water partition coefficient (Wildman–Crippen LogP) is 4.00. The summed E-state index contributed by atoms with van der Waals surface area (Å²) in [6.45, 7) is 12.0. The van der Waals surface area contributed by atoms with E-state index in [-0.39, 0.29) is 0 Å². The van der Waals surface area contributed by atoms with Crippen LogP contribution in [0.4, 0.5) is 0 Å². The molecule has 3 heteroatoms. The summed E-state index contributed by atoms with van der Waals surface area (Å²) in [5, 5.41) is 0. The monoisotopic (exact) mass is 267 g/mol. The van der Waals surface area contributed by atoms with Gasteiger partial charge < -0.3 is 0 Å². The molecule has 1 rings (SSSR count). The van der Waals surface area contributed by atoms with Crippen LogP contribution >= 0.6 is 0 Å². The molecule has 0 atom stereocenters. The number of aromatic nitrogens is 1. The Morgan fingerprint density at radius 3 is 2.70 bits per heavy atom. The third-order valence-electron chi connectivity index (χ3n) is 2.65. The summed E-state index contributed by atoms with van der Waals surface area (Å²) >= 11 is 0. The van der Waals surface area contributed by atoms with Gasteiger partial charge in [0.1, 0.15) is 0 Å². The van der Waals surface area contributed by atoms with Crippen molar-refractivity contribution in [3.05, 3.63) is 67.2 Å². The maximum absolute atomic E-state index is 4.60. The van der Waals surface area contributed by atoms with Crippen molar-refractivity contribution in [3.8, 4) is 0 Å². The number of aliphatic imine (C=N–C) groups is 2.